The number of ether oxygens (including phenoxy) is 2. The lowest BCUT2D eigenvalue weighted by molar-refractivity contribution is -0.128. The van der Waals surface area contributed by atoms with Gasteiger partial charge in [0.25, 0.3) is 11.8 Å². The van der Waals surface area contributed by atoms with Crippen molar-refractivity contribution in [3.8, 4) is 5.75 Å². The predicted octanol–water partition coefficient (Wildman–Crippen LogP) is 2.20. The van der Waals surface area contributed by atoms with E-state index in [1.807, 2.05) is 6.07 Å². The topological polar surface area (TPSA) is 76.7 Å². The van der Waals surface area contributed by atoms with E-state index >= 15 is 0 Å². The Morgan fingerprint density at radius 2 is 1.84 bits per heavy atom. The lowest BCUT2D eigenvalue weighted by Crippen LogP contribution is -2.47. The summed E-state index contributed by atoms with van der Waals surface area (Å²) in [6.07, 6.45) is -0.870. The minimum atomic E-state index is -0.870. The van der Waals surface area contributed by atoms with Gasteiger partial charge in [-0.1, -0.05) is 12.1 Å². The molecule has 0 bridgehead atoms. The first-order valence-corrected chi connectivity index (χ1v) is 7.60. The number of hydrazine groups is 1. The molecule has 2 aromatic carbocycles. The highest BCUT2D eigenvalue weighted by Crippen LogP contribution is 2.13. The highest BCUT2D eigenvalue weighted by molar-refractivity contribution is 5.95. The lowest BCUT2D eigenvalue weighted by atomic mass is 10.1. The molecule has 0 radical (unpaired) electrons. The number of hydrogen-bond acceptors (Lipinski definition) is 4. The fourth-order valence-electron chi connectivity index (χ4n) is 2.03. The second-order valence-electron chi connectivity index (χ2n) is 5.29. The smallest absolute Gasteiger partial charge is 0.279 e. The van der Waals surface area contributed by atoms with Gasteiger partial charge in [-0.25, -0.2) is 4.39 Å². The first kappa shape index (κ1) is 18.4. The fourth-order valence-corrected chi connectivity index (χ4v) is 2.03. The van der Waals surface area contributed by atoms with Crippen molar-refractivity contribution in [1.82, 2.24) is 10.9 Å². The van der Waals surface area contributed by atoms with Gasteiger partial charge in [0.05, 0.1) is 6.61 Å². The molecule has 0 aliphatic carbocycles. The molecule has 0 aliphatic rings. The summed E-state index contributed by atoms with van der Waals surface area (Å²) in [7, 11) is 1.56. The van der Waals surface area contributed by atoms with E-state index in [2.05, 4.69) is 10.9 Å². The van der Waals surface area contributed by atoms with E-state index in [1.54, 1.807) is 25.3 Å². The van der Waals surface area contributed by atoms with Gasteiger partial charge in [0.2, 0.25) is 0 Å². The molecule has 25 heavy (non-hydrogen) atoms. The van der Waals surface area contributed by atoms with Crippen molar-refractivity contribution in [1.29, 1.82) is 0 Å². The van der Waals surface area contributed by atoms with Crippen molar-refractivity contribution >= 4 is 11.8 Å². The van der Waals surface area contributed by atoms with Crippen molar-refractivity contribution in [3.05, 3.63) is 65.5 Å². The minimum Gasteiger partial charge on any atom is -0.481 e. The van der Waals surface area contributed by atoms with Gasteiger partial charge in [-0.05, 0) is 48.9 Å². The molecule has 2 aromatic rings. The van der Waals surface area contributed by atoms with Crippen LogP contribution in [0, 0.1) is 5.82 Å². The van der Waals surface area contributed by atoms with Crippen molar-refractivity contribution in [2.75, 3.05) is 7.11 Å². The van der Waals surface area contributed by atoms with Gasteiger partial charge in [0, 0.05) is 12.7 Å². The maximum atomic E-state index is 12.8. The summed E-state index contributed by atoms with van der Waals surface area (Å²) in [6, 6.07) is 12.1. The van der Waals surface area contributed by atoms with Crippen LogP contribution in [-0.2, 0) is 16.1 Å². The third kappa shape index (κ3) is 5.58. The average molecular weight is 346 g/mol. The Morgan fingerprint density at radius 1 is 1.12 bits per heavy atom. The van der Waals surface area contributed by atoms with E-state index in [9.17, 15) is 14.0 Å². The molecule has 2 N–H and O–H groups in total. The summed E-state index contributed by atoms with van der Waals surface area (Å²) in [5.41, 5.74) is 5.85. The first-order valence-electron chi connectivity index (χ1n) is 7.60. The average Bonchev–Trinajstić information content (AvgIpc) is 2.61. The number of carbonyl (C=O) groups excluding carboxylic acids is 2. The Bertz CT molecular complexity index is 734. The van der Waals surface area contributed by atoms with Crippen molar-refractivity contribution in [3.63, 3.8) is 0 Å². The molecule has 0 saturated heterocycles. The van der Waals surface area contributed by atoms with Crippen LogP contribution in [0.5, 0.6) is 5.75 Å². The molecule has 0 heterocycles. The lowest BCUT2D eigenvalue weighted by Gasteiger charge is -2.15. The number of halogens is 1. The molecule has 2 amide bonds. The Labute approximate surface area is 144 Å². The zero-order valence-corrected chi connectivity index (χ0v) is 13.9. The Hall–Kier alpha value is -2.93. The summed E-state index contributed by atoms with van der Waals surface area (Å²) in [4.78, 5) is 24.0. The highest BCUT2D eigenvalue weighted by Gasteiger charge is 2.16. The molecular weight excluding hydrogens is 327 g/mol. The van der Waals surface area contributed by atoms with Crippen LogP contribution in [0.15, 0.2) is 48.5 Å². The molecule has 1 unspecified atom stereocenters. The Kier molecular flexibility index (Phi) is 6.47. The number of carbonyl (C=O) groups is 2. The van der Waals surface area contributed by atoms with Crippen LogP contribution in [0.4, 0.5) is 4.39 Å². The normalized spacial score (nSPS) is 11.5. The molecule has 6 nitrogen and oxygen atoms in total. The van der Waals surface area contributed by atoms with Crippen molar-refractivity contribution in [2.45, 2.75) is 19.6 Å². The third-order valence-corrected chi connectivity index (χ3v) is 3.30. The van der Waals surface area contributed by atoms with Crippen LogP contribution in [0.3, 0.4) is 0 Å². The SMILES string of the molecule is COCc1cccc(C(=O)NNC(=O)C(C)Oc2ccc(F)cc2)c1. The molecule has 2 rings (SSSR count). The summed E-state index contributed by atoms with van der Waals surface area (Å²) in [5.74, 6) is -1.04. The second-order valence-corrected chi connectivity index (χ2v) is 5.29. The van der Waals surface area contributed by atoms with Gasteiger partial charge in [-0.3, -0.25) is 20.4 Å². The molecule has 0 aromatic heterocycles. The summed E-state index contributed by atoms with van der Waals surface area (Å²) in [6.45, 7) is 1.90. The van der Waals surface area contributed by atoms with Gasteiger partial charge in [-0.15, -0.1) is 0 Å². The zero-order valence-electron chi connectivity index (χ0n) is 13.9. The van der Waals surface area contributed by atoms with Gasteiger partial charge < -0.3 is 9.47 Å². The molecule has 0 spiro atoms. The number of nitrogens with one attached hydrogen (secondary N) is 2. The van der Waals surface area contributed by atoms with E-state index in [-0.39, 0.29) is 0 Å². The van der Waals surface area contributed by atoms with Crippen LogP contribution >= 0.6 is 0 Å². The monoisotopic (exact) mass is 346 g/mol. The molecule has 1 atom stereocenters. The van der Waals surface area contributed by atoms with E-state index in [0.717, 1.165) is 5.56 Å². The van der Waals surface area contributed by atoms with Crippen LogP contribution in [0.25, 0.3) is 0 Å². The number of hydrogen-bond donors (Lipinski definition) is 2. The zero-order chi connectivity index (χ0) is 18.2. The van der Waals surface area contributed by atoms with Gasteiger partial charge in [-0.2, -0.15) is 0 Å². The fraction of sp³-hybridized carbons (Fsp3) is 0.222. The molecule has 7 heteroatoms. The summed E-state index contributed by atoms with van der Waals surface area (Å²) in [5, 5.41) is 0. The largest absolute Gasteiger partial charge is 0.481 e. The highest BCUT2D eigenvalue weighted by atomic mass is 19.1. The van der Waals surface area contributed by atoms with Crippen LogP contribution in [-0.4, -0.2) is 25.0 Å². The first-order chi connectivity index (χ1) is 12.0. The van der Waals surface area contributed by atoms with Crippen LogP contribution in [0.1, 0.15) is 22.8 Å². The number of amides is 2. The third-order valence-electron chi connectivity index (χ3n) is 3.30. The van der Waals surface area contributed by atoms with E-state index in [0.29, 0.717) is 17.9 Å². The van der Waals surface area contributed by atoms with E-state index < -0.39 is 23.7 Å². The van der Waals surface area contributed by atoms with E-state index in [1.165, 1.54) is 31.2 Å². The summed E-state index contributed by atoms with van der Waals surface area (Å²) >= 11 is 0. The minimum absolute atomic E-state index is 0.350. The van der Waals surface area contributed by atoms with Crippen LogP contribution < -0.4 is 15.6 Å². The van der Waals surface area contributed by atoms with Gasteiger partial charge in [0.1, 0.15) is 11.6 Å². The Balaban J connectivity index is 1.86. The van der Waals surface area contributed by atoms with Gasteiger partial charge in [0.15, 0.2) is 6.10 Å². The van der Waals surface area contributed by atoms with Crippen LogP contribution in [0.2, 0.25) is 0 Å². The number of rotatable bonds is 6. The molecule has 0 saturated carbocycles. The standard InChI is InChI=1S/C18H19FN2O4/c1-12(25-16-8-6-15(19)7-9-16)17(22)20-21-18(23)14-5-3-4-13(10-14)11-24-2/h3-10,12H,11H2,1-2H3,(H,20,22)(H,21,23). The maximum absolute atomic E-state index is 12.8. The Morgan fingerprint density at radius 3 is 2.52 bits per heavy atom. The maximum Gasteiger partial charge on any atom is 0.279 e. The molecule has 0 fully saturated rings. The van der Waals surface area contributed by atoms with Gasteiger partial charge >= 0.3 is 0 Å². The number of benzene rings is 2. The van der Waals surface area contributed by atoms with Crippen molar-refractivity contribution in [2.24, 2.45) is 0 Å². The molecular formula is C18H19FN2O4. The van der Waals surface area contributed by atoms with Crippen molar-refractivity contribution < 1.29 is 23.5 Å². The second kappa shape index (κ2) is 8.79. The predicted molar refractivity (Wildman–Crippen MR) is 89.3 cm³/mol. The molecule has 0 aliphatic heterocycles. The van der Waals surface area contributed by atoms with E-state index in [4.69, 9.17) is 9.47 Å². The summed E-state index contributed by atoms with van der Waals surface area (Å²) < 4.78 is 23.2. The number of methoxy groups -OCH3 is 1. The molecule has 132 valence electrons. The quantitative estimate of drug-likeness (QED) is 0.786.